The van der Waals surface area contributed by atoms with Crippen molar-refractivity contribution in [2.45, 2.75) is 58.7 Å². The Labute approximate surface area is 165 Å². The molecule has 4 rings (SSSR count). The number of carbonyl (C=O) groups excluding carboxylic acids is 1. The number of aromatic nitrogens is 3. The Bertz CT molecular complexity index is 945. The molecular weight excluding hydrogens is 354 g/mol. The first-order valence-electron chi connectivity index (χ1n) is 10.2. The molecule has 1 fully saturated rings. The summed E-state index contributed by atoms with van der Waals surface area (Å²) < 4.78 is 3.74. The lowest BCUT2D eigenvalue weighted by Gasteiger charge is -2.42. The highest BCUT2D eigenvalue weighted by Crippen LogP contribution is 2.38. The van der Waals surface area contributed by atoms with E-state index >= 15 is 0 Å². The fourth-order valence-corrected chi connectivity index (χ4v) is 4.83. The van der Waals surface area contributed by atoms with Crippen molar-refractivity contribution in [2.24, 2.45) is 5.92 Å². The van der Waals surface area contributed by atoms with Crippen LogP contribution in [0.4, 0.5) is 0 Å². The second-order valence-corrected chi connectivity index (χ2v) is 8.04. The Balaban J connectivity index is 1.59. The zero-order valence-electron chi connectivity index (χ0n) is 16.9. The van der Waals surface area contributed by atoms with Gasteiger partial charge in [-0.25, -0.2) is 0 Å². The van der Waals surface area contributed by atoms with Crippen molar-refractivity contribution in [3.8, 4) is 0 Å². The summed E-state index contributed by atoms with van der Waals surface area (Å²) in [6.45, 7) is 9.11. The maximum atomic E-state index is 13.2. The van der Waals surface area contributed by atoms with Crippen LogP contribution < -0.4 is 16.2 Å². The summed E-state index contributed by atoms with van der Waals surface area (Å²) in [7, 11) is 0. The van der Waals surface area contributed by atoms with Crippen LogP contribution in [0.25, 0.3) is 0 Å². The first kappa shape index (κ1) is 18.9. The van der Waals surface area contributed by atoms with Crippen molar-refractivity contribution in [3.05, 3.63) is 51.2 Å². The third-order valence-corrected chi connectivity index (χ3v) is 6.22. The smallest absolute Gasteiger partial charge is 0.251 e. The number of hydrogen-bond acceptors (Lipinski definition) is 4. The van der Waals surface area contributed by atoms with Gasteiger partial charge >= 0.3 is 0 Å². The molecule has 0 saturated carbocycles. The minimum atomic E-state index is -0.459. The van der Waals surface area contributed by atoms with E-state index in [1.54, 1.807) is 16.7 Å². The number of fused-ring (bicyclic) bond motifs is 4. The summed E-state index contributed by atoms with van der Waals surface area (Å²) in [6, 6.07) is 4.88. The molecule has 0 unspecified atom stereocenters. The molecule has 150 valence electrons. The molecule has 2 bridgehead atoms. The van der Waals surface area contributed by atoms with Gasteiger partial charge in [0, 0.05) is 61.0 Å². The van der Waals surface area contributed by atoms with Crippen LogP contribution >= 0.6 is 0 Å². The van der Waals surface area contributed by atoms with E-state index in [0.717, 1.165) is 55.1 Å². The highest BCUT2D eigenvalue weighted by atomic mass is 16.2. The average Bonchev–Trinajstić information content (AvgIpc) is 2.94. The van der Waals surface area contributed by atoms with Crippen LogP contribution in [0.3, 0.4) is 0 Å². The molecule has 1 amide bonds. The number of nitrogens with one attached hydrogen (secondary N) is 2. The maximum Gasteiger partial charge on any atom is 0.251 e. The molecule has 0 spiro atoms. The third kappa shape index (κ3) is 3.17. The fourth-order valence-electron chi connectivity index (χ4n) is 4.83. The van der Waals surface area contributed by atoms with Crippen LogP contribution in [0.15, 0.2) is 23.0 Å². The van der Waals surface area contributed by atoms with E-state index < -0.39 is 6.04 Å². The van der Waals surface area contributed by atoms with Gasteiger partial charge in [-0.15, -0.1) is 0 Å². The Kier molecular flexibility index (Phi) is 5.10. The lowest BCUT2D eigenvalue weighted by atomic mass is 9.79. The summed E-state index contributed by atoms with van der Waals surface area (Å²) in [5.74, 6) is 0.355. The van der Waals surface area contributed by atoms with E-state index in [1.807, 2.05) is 24.6 Å². The lowest BCUT2D eigenvalue weighted by Crippen LogP contribution is -2.52. The summed E-state index contributed by atoms with van der Waals surface area (Å²) in [6.07, 6.45) is 1.96. The van der Waals surface area contributed by atoms with Gasteiger partial charge in [-0.3, -0.25) is 18.8 Å². The standard InChI is InChI=1S/C21H29N5O2/c1-4-8-25-14(3)17(13(2)24-25)12-23-21(28)20-16-9-15(10-22-11-16)18-6-5-7-19(27)26(18)20/h5-7,15-16,20,22H,4,8-12H2,1-3H3,(H,23,28)/t15-,16+,20-/m1/s1. The molecule has 2 aliphatic heterocycles. The number of rotatable bonds is 5. The van der Waals surface area contributed by atoms with Gasteiger partial charge in [0.2, 0.25) is 5.91 Å². The minimum absolute atomic E-state index is 0.0799. The van der Waals surface area contributed by atoms with Crippen LogP contribution in [0.5, 0.6) is 0 Å². The highest BCUT2D eigenvalue weighted by molar-refractivity contribution is 5.81. The monoisotopic (exact) mass is 383 g/mol. The fraction of sp³-hybridized carbons (Fsp3) is 0.571. The first-order chi connectivity index (χ1) is 13.5. The summed E-state index contributed by atoms with van der Waals surface area (Å²) in [5, 5.41) is 11.1. The van der Waals surface area contributed by atoms with Gasteiger partial charge in [-0.2, -0.15) is 5.10 Å². The zero-order chi connectivity index (χ0) is 19.8. The molecule has 2 aromatic rings. The van der Waals surface area contributed by atoms with Crippen LogP contribution in [0, 0.1) is 19.8 Å². The summed E-state index contributed by atoms with van der Waals surface area (Å²) in [4.78, 5) is 25.8. The predicted molar refractivity (Wildman–Crippen MR) is 107 cm³/mol. The van der Waals surface area contributed by atoms with Crippen molar-refractivity contribution in [1.82, 2.24) is 25.0 Å². The highest BCUT2D eigenvalue weighted by Gasteiger charge is 2.41. The zero-order valence-corrected chi connectivity index (χ0v) is 16.9. The topological polar surface area (TPSA) is 81.0 Å². The third-order valence-electron chi connectivity index (χ3n) is 6.22. The van der Waals surface area contributed by atoms with Gasteiger partial charge in [0.15, 0.2) is 0 Å². The number of hydrogen-bond donors (Lipinski definition) is 2. The number of pyridine rings is 1. The summed E-state index contributed by atoms with van der Waals surface area (Å²) >= 11 is 0. The van der Waals surface area contributed by atoms with Crippen molar-refractivity contribution in [3.63, 3.8) is 0 Å². The Morgan fingerprint density at radius 2 is 2.14 bits per heavy atom. The molecule has 1 saturated heterocycles. The minimum Gasteiger partial charge on any atom is -0.350 e. The van der Waals surface area contributed by atoms with Crippen molar-refractivity contribution < 1.29 is 4.79 Å². The van der Waals surface area contributed by atoms with E-state index in [0.29, 0.717) is 12.5 Å². The average molecular weight is 383 g/mol. The molecule has 2 aliphatic rings. The molecule has 28 heavy (non-hydrogen) atoms. The van der Waals surface area contributed by atoms with E-state index in [-0.39, 0.29) is 17.4 Å². The molecule has 3 atom stereocenters. The molecule has 2 aromatic heterocycles. The van der Waals surface area contributed by atoms with E-state index in [4.69, 9.17) is 0 Å². The number of nitrogens with zero attached hydrogens (tertiary/aromatic N) is 3. The molecule has 2 N–H and O–H groups in total. The van der Waals surface area contributed by atoms with Crippen LogP contribution in [0.1, 0.15) is 54.4 Å². The normalized spacial score (nSPS) is 23.3. The van der Waals surface area contributed by atoms with Crippen molar-refractivity contribution in [1.29, 1.82) is 0 Å². The number of aryl methyl sites for hydroxylation is 2. The van der Waals surface area contributed by atoms with E-state index in [1.165, 1.54) is 0 Å². The molecule has 7 nitrogen and oxygen atoms in total. The van der Waals surface area contributed by atoms with Crippen molar-refractivity contribution >= 4 is 5.91 Å². The quantitative estimate of drug-likeness (QED) is 0.822. The number of amides is 1. The SMILES string of the molecule is CCCn1nc(C)c(CNC(=O)[C@H]2[C@@H]3CNC[C@@H](C3)c3cccc(=O)n32)c1C. The van der Waals surface area contributed by atoms with Gasteiger partial charge < -0.3 is 10.6 Å². The Morgan fingerprint density at radius 3 is 2.93 bits per heavy atom. The van der Waals surface area contributed by atoms with Gasteiger partial charge in [0.25, 0.3) is 5.56 Å². The Morgan fingerprint density at radius 1 is 1.32 bits per heavy atom. The molecule has 0 aliphatic carbocycles. The molecular formula is C21H29N5O2. The molecule has 0 aromatic carbocycles. The van der Waals surface area contributed by atoms with Crippen LogP contribution in [0.2, 0.25) is 0 Å². The van der Waals surface area contributed by atoms with Crippen LogP contribution in [-0.4, -0.2) is 33.3 Å². The predicted octanol–water partition coefficient (Wildman–Crippen LogP) is 1.64. The van der Waals surface area contributed by atoms with Gasteiger partial charge in [-0.05, 0) is 32.8 Å². The van der Waals surface area contributed by atoms with Gasteiger partial charge in [-0.1, -0.05) is 13.0 Å². The second kappa shape index (κ2) is 7.54. The first-order valence-corrected chi connectivity index (χ1v) is 10.2. The largest absolute Gasteiger partial charge is 0.350 e. The number of carbonyl (C=O) groups is 1. The maximum absolute atomic E-state index is 13.2. The summed E-state index contributed by atoms with van der Waals surface area (Å²) in [5.41, 5.74) is 4.00. The van der Waals surface area contributed by atoms with E-state index in [2.05, 4.69) is 22.7 Å². The second-order valence-electron chi connectivity index (χ2n) is 8.04. The molecule has 0 radical (unpaired) electrons. The Hall–Kier alpha value is -2.41. The number of piperidine rings is 1. The molecule has 7 heteroatoms. The van der Waals surface area contributed by atoms with Crippen LogP contribution in [-0.2, 0) is 17.9 Å². The van der Waals surface area contributed by atoms with Crippen molar-refractivity contribution in [2.75, 3.05) is 13.1 Å². The lowest BCUT2D eigenvalue weighted by molar-refractivity contribution is -0.127. The van der Waals surface area contributed by atoms with E-state index in [9.17, 15) is 9.59 Å². The van der Waals surface area contributed by atoms with Gasteiger partial charge in [0.05, 0.1) is 5.69 Å². The molecule has 4 heterocycles. The van der Waals surface area contributed by atoms with Gasteiger partial charge in [0.1, 0.15) is 6.04 Å².